The maximum Gasteiger partial charge on any atom is 0.311 e. The van der Waals surface area contributed by atoms with Crippen molar-refractivity contribution in [2.75, 3.05) is 13.7 Å². The lowest BCUT2D eigenvalue weighted by atomic mass is 9.89. The van der Waals surface area contributed by atoms with Gasteiger partial charge >= 0.3 is 5.97 Å². The van der Waals surface area contributed by atoms with Crippen molar-refractivity contribution in [1.82, 2.24) is 0 Å². The van der Waals surface area contributed by atoms with Crippen LogP contribution in [0.25, 0.3) is 0 Å². The topological polar surface area (TPSA) is 55.8 Å². The third-order valence-corrected chi connectivity index (χ3v) is 4.12. The Morgan fingerprint density at radius 3 is 2.48 bits per heavy atom. The molecule has 0 aliphatic rings. The van der Waals surface area contributed by atoms with Crippen molar-refractivity contribution >= 4 is 5.97 Å². The van der Waals surface area contributed by atoms with Crippen LogP contribution in [0.1, 0.15) is 36.5 Å². The van der Waals surface area contributed by atoms with Crippen molar-refractivity contribution in [3.8, 4) is 11.5 Å². The molecule has 1 unspecified atom stereocenters. The lowest BCUT2D eigenvalue weighted by molar-refractivity contribution is -0.138. The smallest absolute Gasteiger partial charge is 0.311 e. The minimum absolute atomic E-state index is 0.386. The fourth-order valence-electron chi connectivity index (χ4n) is 2.79. The molecule has 0 radical (unpaired) electrons. The van der Waals surface area contributed by atoms with Gasteiger partial charge in [0.25, 0.3) is 0 Å². The summed E-state index contributed by atoms with van der Waals surface area (Å²) in [5.41, 5.74) is 2.62. The molecule has 1 N–H and O–H groups in total. The van der Waals surface area contributed by atoms with E-state index in [1.165, 1.54) is 0 Å². The first-order valence-corrected chi connectivity index (χ1v) is 8.50. The average molecular weight is 342 g/mol. The summed E-state index contributed by atoms with van der Waals surface area (Å²) in [5.74, 6) is 0.425. The third kappa shape index (κ3) is 4.99. The predicted molar refractivity (Wildman–Crippen MR) is 98.6 cm³/mol. The standard InChI is InChI=1S/C21H26O4/c1-14(2)13-25-20-8-6-5-7-16(20)12-19(21(22)23)18-10-9-17(24-4)11-15(18)3/h5-11,14,19H,12-13H2,1-4H3,(H,22,23). The van der Waals surface area contributed by atoms with E-state index >= 15 is 0 Å². The van der Waals surface area contributed by atoms with Gasteiger partial charge in [0.15, 0.2) is 0 Å². The molecule has 4 nitrogen and oxygen atoms in total. The van der Waals surface area contributed by atoms with Gasteiger partial charge in [0, 0.05) is 0 Å². The Bertz CT molecular complexity index is 722. The number of hydrogen-bond donors (Lipinski definition) is 1. The highest BCUT2D eigenvalue weighted by molar-refractivity contribution is 5.77. The van der Waals surface area contributed by atoms with Gasteiger partial charge < -0.3 is 14.6 Å². The second-order valence-electron chi connectivity index (χ2n) is 6.63. The van der Waals surface area contributed by atoms with Crippen LogP contribution >= 0.6 is 0 Å². The number of hydrogen-bond acceptors (Lipinski definition) is 3. The molecule has 134 valence electrons. The van der Waals surface area contributed by atoms with Crippen molar-refractivity contribution in [2.45, 2.75) is 33.1 Å². The molecule has 0 bridgehead atoms. The SMILES string of the molecule is COc1ccc(C(Cc2ccccc2OCC(C)C)C(=O)O)c(C)c1. The molecule has 0 saturated carbocycles. The summed E-state index contributed by atoms with van der Waals surface area (Å²) in [4.78, 5) is 11.9. The molecule has 2 aromatic carbocycles. The number of aliphatic carboxylic acids is 1. The van der Waals surface area contributed by atoms with E-state index < -0.39 is 11.9 Å². The summed E-state index contributed by atoms with van der Waals surface area (Å²) >= 11 is 0. The zero-order valence-electron chi connectivity index (χ0n) is 15.3. The molecular formula is C21H26O4. The summed E-state index contributed by atoms with van der Waals surface area (Å²) in [5, 5.41) is 9.78. The Kier molecular flexibility index (Phi) is 6.45. The van der Waals surface area contributed by atoms with Crippen LogP contribution in [0.5, 0.6) is 11.5 Å². The minimum atomic E-state index is -0.841. The van der Waals surface area contributed by atoms with Crippen LogP contribution in [0, 0.1) is 12.8 Å². The maximum absolute atomic E-state index is 11.9. The normalized spacial score (nSPS) is 12.0. The lowest BCUT2D eigenvalue weighted by Gasteiger charge is -2.19. The molecule has 0 amide bonds. The highest BCUT2D eigenvalue weighted by Crippen LogP contribution is 2.30. The van der Waals surface area contributed by atoms with E-state index in [0.717, 1.165) is 28.2 Å². The van der Waals surface area contributed by atoms with Crippen LogP contribution in [0.4, 0.5) is 0 Å². The predicted octanol–water partition coefficient (Wildman–Crippen LogP) is 4.45. The number of carbonyl (C=O) groups is 1. The molecule has 2 aromatic rings. The second kappa shape index (κ2) is 8.56. The Hall–Kier alpha value is -2.49. The minimum Gasteiger partial charge on any atom is -0.497 e. The maximum atomic E-state index is 11.9. The van der Waals surface area contributed by atoms with Crippen molar-refractivity contribution in [3.05, 3.63) is 59.2 Å². The first-order valence-electron chi connectivity index (χ1n) is 8.50. The second-order valence-corrected chi connectivity index (χ2v) is 6.63. The molecule has 0 aliphatic carbocycles. The molecular weight excluding hydrogens is 316 g/mol. The van der Waals surface area contributed by atoms with E-state index in [4.69, 9.17) is 9.47 Å². The number of benzene rings is 2. The number of para-hydroxylation sites is 1. The monoisotopic (exact) mass is 342 g/mol. The van der Waals surface area contributed by atoms with Crippen LogP contribution in [0.3, 0.4) is 0 Å². The Balaban J connectivity index is 2.30. The number of methoxy groups -OCH3 is 1. The highest BCUT2D eigenvalue weighted by Gasteiger charge is 2.24. The van der Waals surface area contributed by atoms with E-state index in [1.807, 2.05) is 43.3 Å². The fraction of sp³-hybridized carbons (Fsp3) is 0.381. The van der Waals surface area contributed by atoms with E-state index in [9.17, 15) is 9.90 Å². The lowest BCUT2D eigenvalue weighted by Crippen LogP contribution is -2.16. The quantitative estimate of drug-likeness (QED) is 0.770. The fourth-order valence-corrected chi connectivity index (χ4v) is 2.79. The molecule has 25 heavy (non-hydrogen) atoms. The van der Waals surface area contributed by atoms with Crippen LogP contribution in [0.2, 0.25) is 0 Å². The zero-order valence-corrected chi connectivity index (χ0v) is 15.3. The largest absolute Gasteiger partial charge is 0.497 e. The molecule has 2 rings (SSSR count). The van der Waals surface area contributed by atoms with Crippen LogP contribution in [-0.2, 0) is 11.2 Å². The van der Waals surface area contributed by atoms with E-state index in [-0.39, 0.29) is 0 Å². The van der Waals surface area contributed by atoms with Gasteiger partial charge in [0.1, 0.15) is 11.5 Å². The summed E-state index contributed by atoms with van der Waals surface area (Å²) < 4.78 is 11.1. The third-order valence-electron chi connectivity index (χ3n) is 4.12. The van der Waals surface area contributed by atoms with Gasteiger partial charge in [-0.2, -0.15) is 0 Å². The number of ether oxygens (including phenoxy) is 2. The van der Waals surface area contributed by atoms with Gasteiger partial charge in [-0.3, -0.25) is 4.79 Å². The Labute approximate surface area is 149 Å². The summed E-state index contributed by atoms with van der Waals surface area (Å²) in [6.45, 7) is 6.69. The van der Waals surface area contributed by atoms with Gasteiger partial charge in [0.2, 0.25) is 0 Å². The Morgan fingerprint density at radius 1 is 1.16 bits per heavy atom. The number of rotatable bonds is 8. The first-order chi connectivity index (χ1) is 11.9. The zero-order chi connectivity index (χ0) is 18.4. The van der Waals surface area contributed by atoms with Crippen molar-refractivity contribution in [1.29, 1.82) is 0 Å². The van der Waals surface area contributed by atoms with Crippen molar-refractivity contribution in [3.63, 3.8) is 0 Å². The molecule has 0 aliphatic heterocycles. The van der Waals surface area contributed by atoms with Crippen LogP contribution < -0.4 is 9.47 Å². The molecule has 0 saturated heterocycles. The van der Waals surface area contributed by atoms with E-state index in [1.54, 1.807) is 13.2 Å². The van der Waals surface area contributed by atoms with Gasteiger partial charge in [-0.15, -0.1) is 0 Å². The van der Waals surface area contributed by atoms with Crippen LogP contribution in [-0.4, -0.2) is 24.8 Å². The van der Waals surface area contributed by atoms with Gasteiger partial charge in [-0.25, -0.2) is 0 Å². The average Bonchev–Trinajstić information content (AvgIpc) is 2.58. The molecule has 4 heteroatoms. The molecule has 0 fully saturated rings. The molecule has 1 atom stereocenters. The van der Waals surface area contributed by atoms with Gasteiger partial charge in [-0.05, 0) is 54.2 Å². The van der Waals surface area contributed by atoms with E-state index in [2.05, 4.69) is 13.8 Å². The first kappa shape index (κ1) is 18.8. The Morgan fingerprint density at radius 2 is 1.88 bits per heavy atom. The summed E-state index contributed by atoms with van der Waals surface area (Å²) in [7, 11) is 1.60. The van der Waals surface area contributed by atoms with Crippen molar-refractivity contribution < 1.29 is 19.4 Å². The molecule has 0 heterocycles. The van der Waals surface area contributed by atoms with Crippen LogP contribution in [0.15, 0.2) is 42.5 Å². The molecule has 0 spiro atoms. The highest BCUT2D eigenvalue weighted by atomic mass is 16.5. The van der Waals surface area contributed by atoms with E-state index in [0.29, 0.717) is 18.9 Å². The van der Waals surface area contributed by atoms with Crippen molar-refractivity contribution in [2.24, 2.45) is 5.92 Å². The number of carboxylic acids is 1. The number of aryl methyl sites for hydroxylation is 1. The number of carboxylic acid groups (broad SMARTS) is 1. The summed E-state index contributed by atoms with van der Waals surface area (Å²) in [6.07, 6.45) is 0.386. The van der Waals surface area contributed by atoms with Gasteiger partial charge in [-0.1, -0.05) is 38.1 Å². The molecule has 0 aromatic heterocycles. The van der Waals surface area contributed by atoms with Gasteiger partial charge in [0.05, 0.1) is 19.6 Å². The summed E-state index contributed by atoms with van der Waals surface area (Å²) in [6, 6.07) is 13.2.